The van der Waals surface area contributed by atoms with Crippen LogP contribution in [0.1, 0.15) is 16.7 Å². The van der Waals surface area contributed by atoms with Gasteiger partial charge < -0.3 is 14.8 Å². The molecule has 7 nitrogen and oxygen atoms in total. The van der Waals surface area contributed by atoms with E-state index in [1.54, 1.807) is 24.3 Å². The van der Waals surface area contributed by atoms with E-state index in [0.717, 1.165) is 23.8 Å². The third kappa shape index (κ3) is 6.59. The summed E-state index contributed by atoms with van der Waals surface area (Å²) in [5, 5.41) is 4.97. The number of nitrogens with one attached hydrogen (secondary N) is 2. The highest BCUT2D eigenvalue weighted by molar-refractivity contribution is 6.12. The number of rotatable bonds is 6. The summed E-state index contributed by atoms with van der Waals surface area (Å²) in [6.45, 7) is -0.0324. The van der Waals surface area contributed by atoms with Crippen LogP contribution in [0.15, 0.2) is 77.8 Å². The lowest BCUT2D eigenvalue weighted by molar-refractivity contribution is -0.274. The SMILES string of the molecule is O=C(NC1N=C(Cc2ccc(OC(F)(F)F)cc2)c2cc(F)ccc2NC1=O)OCc1ccccc1. The maximum absolute atomic E-state index is 14.0. The number of nitrogens with zero attached hydrogens (tertiary/aromatic N) is 1. The molecule has 0 saturated heterocycles. The first-order valence-corrected chi connectivity index (χ1v) is 10.7. The number of halogens is 4. The molecule has 186 valence electrons. The van der Waals surface area contributed by atoms with Gasteiger partial charge in [0.25, 0.3) is 5.91 Å². The average Bonchev–Trinajstić information content (AvgIpc) is 2.95. The molecule has 1 aliphatic rings. The van der Waals surface area contributed by atoms with Crippen LogP contribution in [0.5, 0.6) is 5.75 Å². The monoisotopic (exact) mass is 501 g/mol. The second-order valence-corrected chi connectivity index (χ2v) is 7.73. The first kappa shape index (κ1) is 24.7. The third-order valence-corrected chi connectivity index (χ3v) is 5.08. The Hall–Kier alpha value is -4.41. The fourth-order valence-electron chi connectivity index (χ4n) is 3.47. The highest BCUT2D eigenvalue weighted by atomic mass is 19.4. The molecule has 3 aromatic rings. The summed E-state index contributed by atoms with van der Waals surface area (Å²) in [7, 11) is 0. The van der Waals surface area contributed by atoms with Crippen molar-refractivity contribution in [3.63, 3.8) is 0 Å². The van der Waals surface area contributed by atoms with Crippen LogP contribution in [0.4, 0.5) is 28.0 Å². The number of carbonyl (C=O) groups excluding carboxylic acids is 2. The largest absolute Gasteiger partial charge is 0.573 e. The number of anilines is 1. The summed E-state index contributed by atoms with van der Waals surface area (Å²) in [4.78, 5) is 29.4. The Morgan fingerprint density at radius 2 is 1.72 bits per heavy atom. The van der Waals surface area contributed by atoms with E-state index in [0.29, 0.717) is 5.56 Å². The second-order valence-electron chi connectivity index (χ2n) is 7.73. The molecule has 0 saturated carbocycles. The van der Waals surface area contributed by atoms with Gasteiger partial charge >= 0.3 is 12.5 Å². The van der Waals surface area contributed by atoms with E-state index < -0.39 is 36.1 Å². The van der Waals surface area contributed by atoms with E-state index in [4.69, 9.17) is 4.74 Å². The molecule has 2 amide bonds. The highest BCUT2D eigenvalue weighted by Crippen LogP contribution is 2.26. The minimum atomic E-state index is -4.83. The minimum absolute atomic E-state index is 0.0228. The number of alkyl halides is 3. The predicted molar refractivity (Wildman–Crippen MR) is 122 cm³/mol. The minimum Gasteiger partial charge on any atom is -0.445 e. The molecule has 0 fully saturated rings. The number of alkyl carbamates (subject to hydrolysis) is 1. The zero-order chi connectivity index (χ0) is 25.7. The predicted octanol–water partition coefficient (Wildman–Crippen LogP) is 4.96. The van der Waals surface area contributed by atoms with Crippen LogP contribution in [-0.4, -0.2) is 30.2 Å². The number of hydrogen-bond acceptors (Lipinski definition) is 5. The van der Waals surface area contributed by atoms with Gasteiger partial charge in [-0.2, -0.15) is 0 Å². The molecule has 1 heterocycles. The Kier molecular flexibility index (Phi) is 7.18. The average molecular weight is 501 g/mol. The summed E-state index contributed by atoms with van der Waals surface area (Å²) in [5.74, 6) is -1.67. The van der Waals surface area contributed by atoms with Gasteiger partial charge in [0, 0.05) is 12.0 Å². The van der Waals surface area contributed by atoms with Gasteiger partial charge in [-0.25, -0.2) is 9.18 Å². The van der Waals surface area contributed by atoms with E-state index >= 15 is 0 Å². The zero-order valence-electron chi connectivity index (χ0n) is 18.5. The lowest BCUT2D eigenvalue weighted by Crippen LogP contribution is -2.42. The zero-order valence-corrected chi connectivity index (χ0v) is 18.5. The van der Waals surface area contributed by atoms with Crippen molar-refractivity contribution in [2.45, 2.75) is 25.6 Å². The highest BCUT2D eigenvalue weighted by Gasteiger charge is 2.31. The maximum atomic E-state index is 14.0. The summed E-state index contributed by atoms with van der Waals surface area (Å²) in [5.41, 5.74) is 2.00. The molecule has 11 heteroatoms. The van der Waals surface area contributed by atoms with Gasteiger partial charge in [-0.3, -0.25) is 15.1 Å². The number of ether oxygens (including phenoxy) is 2. The summed E-state index contributed by atoms with van der Waals surface area (Å²) >= 11 is 0. The number of hydrogen-bond donors (Lipinski definition) is 2. The number of benzene rings is 3. The van der Waals surface area contributed by atoms with Crippen molar-refractivity contribution in [2.75, 3.05) is 5.32 Å². The molecule has 0 aliphatic carbocycles. The van der Waals surface area contributed by atoms with Gasteiger partial charge in [-0.15, -0.1) is 13.2 Å². The fourth-order valence-corrected chi connectivity index (χ4v) is 3.47. The van der Waals surface area contributed by atoms with Gasteiger partial charge in [0.1, 0.15) is 18.2 Å². The molecular weight excluding hydrogens is 482 g/mol. The van der Waals surface area contributed by atoms with Crippen molar-refractivity contribution in [3.8, 4) is 5.75 Å². The lowest BCUT2D eigenvalue weighted by atomic mass is 10.0. The van der Waals surface area contributed by atoms with Crippen LogP contribution in [-0.2, 0) is 22.6 Å². The van der Waals surface area contributed by atoms with Crippen molar-refractivity contribution in [3.05, 3.63) is 95.3 Å². The van der Waals surface area contributed by atoms with Gasteiger partial charge in [-0.05, 0) is 41.5 Å². The molecular formula is C25H19F4N3O4. The van der Waals surface area contributed by atoms with Crippen molar-refractivity contribution in [2.24, 2.45) is 4.99 Å². The molecule has 0 aromatic heterocycles. The second kappa shape index (κ2) is 10.5. The smallest absolute Gasteiger partial charge is 0.445 e. The van der Waals surface area contributed by atoms with Crippen LogP contribution < -0.4 is 15.4 Å². The molecule has 36 heavy (non-hydrogen) atoms. The van der Waals surface area contributed by atoms with Gasteiger partial charge in [-0.1, -0.05) is 42.5 Å². The molecule has 0 radical (unpaired) electrons. The molecule has 1 atom stereocenters. The molecule has 0 spiro atoms. The van der Waals surface area contributed by atoms with E-state index in [2.05, 4.69) is 20.4 Å². The summed E-state index contributed by atoms with van der Waals surface area (Å²) in [6, 6.07) is 17.6. The summed E-state index contributed by atoms with van der Waals surface area (Å²) in [6.07, 6.45) is -7.10. The summed E-state index contributed by atoms with van der Waals surface area (Å²) < 4.78 is 60.4. The number of benzodiazepines with no additional fused rings is 1. The first-order valence-electron chi connectivity index (χ1n) is 10.7. The standard InChI is InChI=1S/C25H19F4N3O4/c26-17-8-11-20-19(13-17)21(12-15-6-9-18(10-7-15)36-25(27,28)29)30-22(23(33)31-20)32-24(34)35-14-16-4-2-1-3-5-16/h1-11,13,22H,12,14H2,(H,31,33)(H,32,34). The molecule has 4 rings (SSSR count). The third-order valence-electron chi connectivity index (χ3n) is 5.08. The molecule has 1 aliphatic heterocycles. The van der Waals surface area contributed by atoms with E-state index in [9.17, 15) is 27.2 Å². The Bertz CT molecular complexity index is 1280. The Morgan fingerprint density at radius 3 is 2.42 bits per heavy atom. The lowest BCUT2D eigenvalue weighted by Gasteiger charge is -2.14. The van der Waals surface area contributed by atoms with Gasteiger partial charge in [0.2, 0.25) is 6.17 Å². The molecule has 1 unspecified atom stereocenters. The Labute approximate surface area is 202 Å². The van der Waals surface area contributed by atoms with Crippen molar-refractivity contribution >= 4 is 23.4 Å². The van der Waals surface area contributed by atoms with Crippen LogP contribution in [0.3, 0.4) is 0 Å². The van der Waals surface area contributed by atoms with E-state index in [1.807, 2.05) is 6.07 Å². The molecule has 0 bridgehead atoms. The van der Waals surface area contributed by atoms with E-state index in [1.165, 1.54) is 24.3 Å². The number of aliphatic imine (C=N–C) groups is 1. The van der Waals surface area contributed by atoms with E-state index in [-0.39, 0.29) is 30.0 Å². The topological polar surface area (TPSA) is 89.0 Å². The molecule has 3 aromatic carbocycles. The van der Waals surface area contributed by atoms with Crippen LogP contribution >= 0.6 is 0 Å². The first-order chi connectivity index (χ1) is 17.2. The van der Waals surface area contributed by atoms with Crippen molar-refractivity contribution in [1.29, 1.82) is 0 Å². The number of carbonyl (C=O) groups is 2. The van der Waals surface area contributed by atoms with Gasteiger partial charge in [0.15, 0.2) is 0 Å². The van der Waals surface area contributed by atoms with Crippen molar-refractivity contribution in [1.82, 2.24) is 5.32 Å². The van der Waals surface area contributed by atoms with Crippen LogP contribution in [0.2, 0.25) is 0 Å². The van der Waals surface area contributed by atoms with Crippen LogP contribution in [0, 0.1) is 5.82 Å². The quantitative estimate of drug-likeness (QED) is 0.468. The van der Waals surface area contributed by atoms with Crippen LogP contribution in [0.25, 0.3) is 0 Å². The maximum Gasteiger partial charge on any atom is 0.573 e. The number of amides is 2. The van der Waals surface area contributed by atoms with Gasteiger partial charge in [0.05, 0.1) is 11.4 Å². The number of fused-ring (bicyclic) bond motifs is 1. The normalized spacial score (nSPS) is 15.2. The Morgan fingerprint density at radius 1 is 1.00 bits per heavy atom. The van der Waals surface area contributed by atoms with Crippen molar-refractivity contribution < 1.29 is 36.6 Å². The Balaban J connectivity index is 1.55. The molecule has 2 N–H and O–H groups in total. The fraction of sp³-hybridized carbons (Fsp3) is 0.160.